The van der Waals surface area contributed by atoms with Crippen molar-refractivity contribution in [2.75, 3.05) is 0 Å². The van der Waals surface area contributed by atoms with Crippen molar-refractivity contribution in [3.63, 3.8) is 0 Å². The minimum Gasteiger partial charge on any atom is -0.0738 e. The molecule has 0 aliphatic heterocycles. The Morgan fingerprint density at radius 3 is 1.93 bits per heavy atom. The van der Waals surface area contributed by atoms with Crippen molar-refractivity contribution in [1.29, 1.82) is 0 Å². The van der Waals surface area contributed by atoms with Crippen LogP contribution in [0.15, 0.2) is 0 Å². The van der Waals surface area contributed by atoms with E-state index < -0.39 is 0 Å². The van der Waals surface area contributed by atoms with E-state index in [1.54, 1.807) is 0 Å². The minimum absolute atomic E-state index is 0.570. The molecule has 1 radical (unpaired) electrons. The van der Waals surface area contributed by atoms with E-state index in [-0.39, 0.29) is 0 Å². The fourth-order valence-electron chi connectivity index (χ4n) is 3.99. The maximum atomic E-state index is 2.60. The van der Waals surface area contributed by atoms with Crippen LogP contribution in [0.2, 0.25) is 11.1 Å². The van der Waals surface area contributed by atoms with Crippen molar-refractivity contribution in [3.05, 3.63) is 0 Å². The molecule has 0 heterocycles. The summed E-state index contributed by atoms with van der Waals surface area (Å²) >= 11 is 0. The molecule has 0 aromatic carbocycles. The van der Waals surface area contributed by atoms with Gasteiger partial charge >= 0.3 is 0 Å². The second-order valence-corrected chi connectivity index (χ2v) is 6.84. The summed E-state index contributed by atoms with van der Waals surface area (Å²) in [6.45, 7) is 14.4. The Kier molecular flexibility index (Phi) is 1.96. The van der Waals surface area contributed by atoms with Gasteiger partial charge in [-0.15, -0.1) is 0 Å². The minimum atomic E-state index is 0.570. The molecule has 0 bridgehead atoms. The van der Waals surface area contributed by atoms with Crippen LogP contribution in [0.25, 0.3) is 0 Å². The first kappa shape index (κ1) is 10.6. The van der Waals surface area contributed by atoms with Gasteiger partial charge in [-0.3, -0.25) is 0 Å². The van der Waals surface area contributed by atoms with E-state index in [4.69, 9.17) is 0 Å². The van der Waals surface area contributed by atoms with E-state index in [0.29, 0.717) is 16.1 Å². The second-order valence-electron chi connectivity index (χ2n) is 6.84. The summed E-state index contributed by atoms with van der Waals surface area (Å²) in [6, 6.07) is 0. The van der Waals surface area contributed by atoms with Gasteiger partial charge < -0.3 is 0 Å². The Morgan fingerprint density at radius 2 is 1.57 bits per heavy atom. The van der Waals surface area contributed by atoms with Gasteiger partial charge in [-0.1, -0.05) is 52.7 Å². The molecule has 1 spiro atoms. The first-order chi connectivity index (χ1) is 6.27. The highest BCUT2D eigenvalue weighted by Crippen LogP contribution is 2.92. The van der Waals surface area contributed by atoms with Gasteiger partial charge in [0, 0.05) is 0 Å². The largest absolute Gasteiger partial charge is 0.121 e. The molecule has 3 atom stereocenters. The molecule has 3 unspecified atom stereocenters. The second kappa shape index (κ2) is 2.60. The van der Waals surface area contributed by atoms with E-state index in [9.17, 15) is 0 Å². The van der Waals surface area contributed by atoms with Crippen molar-refractivity contribution in [3.8, 4) is 0 Å². The lowest BCUT2D eigenvalue weighted by atomic mass is 9.52. The highest BCUT2D eigenvalue weighted by Gasteiger charge is 2.82. The van der Waals surface area contributed by atoms with E-state index in [1.807, 2.05) is 0 Å². The molecule has 0 aromatic rings. The van der Waals surface area contributed by atoms with Gasteiger partial charge in [0.25, 0.3) is 0 Å². The van der Waals surface area contributed by atoms with Crippen LogP contribution < -0.4 is 0 Å². The first-order valence-electron chi connectivity index (χ1n) is 6.13. The molecule has 2 fully saturated rings. The Balaban J connectivity index is 2.06. The molecule has 2 rings (SSSR count). The molecule has 14 heavy (non-hydrogen) atoms. The zero-order valence-electron chi connectivity index (χ0n) is 10.6. The number of rotatable bonds is 3. The van der Waals surface area contributed by atoms with Crippen LogP contribution in [-0.2, 0) is 0 Å². The molecule has 0 nitrogen and oxygen atoms in total. The van der Waals surface area contributed by atoms with Gasteiger partial charge in [0.15, 0.2) is 0 Å². The van der Waals surface area contributed by atoms with Crippen molar-refractivity contribution in [2.45, 2.75) is 65.5 Å². The summed E-state index contributed by atoms with van der Waals surface area (Å²) < 4.78 is 0. The lowest BCUT2D eigenvalue weighted by molar-refractivity contribution is 0.342. The molecular formula is C13H24B. The Morgan fingerprint density at radius 1 is 1.00 bits per heavy atom. The third-order valence-electron chi connectivity index (χ3n) is 5.25. The molecule has 0 amide bonds. The summed E-state index contributed by atoms with van der Waals surface area (Å²) in [5, 5.41) is 0.570. The lowest BCUT2D eigenvalue weighted by Gasteiger charge is -2.19. The maximum Gasteiger partial charge on any atom is 0.121 e. The molecule has 2 saturated carbocycles. The fraction of sp³-hybridized carbons (Fsp3) is 1.00. The Bertz CT molecular complexity index is 258. The van der Waals surface area contributed by atoms with Crippen LogP contribution in [0, 0.1) is 16.7 Å². The molecule has 2 aliphatic carbocycles. The zero-order chi connectivity index (χ0) is 10.8. The SMILES string of the molecule is CC(C)[B]C1(C)CC12CC2(C)C(C)C. The van der Waals surface area contributed by atoms with E-state index >= 15 is 0 Å². The smallest absolute Gasteiger partial charge is 0.0738 e. The molecule has 1 heteroatoms. The lowest BCUT2D eigenvalue weighted by Crippen LogP contribution is -2.13. The first-order valence-corrected chi connectivity index (χ1v) is 6.13. The highest BCUT2D eigenvalue weighted by molar-refractivity contribution is 6.43. The monoisotopic (exact) mass is 191 g/mol. The standard InChI is InChI=1S/C13H24B/c1-9(2)11(5)7-13(11)8-12(13,6)14-10(3)4/h9-10H,7-8H2,1-6H3. The van der Waals surface area contributed by atoms with Gasteiger partial charge in [-0.25, -0.2) is 0 Å². The average Bonchev–Trinajstić information content (AvgIpc) is 2.72. The van der Waals surface area contributed by atoms with Crippen molar-refractivity contribution >= 4 is 7.28 Å². The zero-order valence-corrected chi connectivity index (χ0v) is 10.6. The van der Waals surface area contributed by atoms with E-state index in [0.717, 1.165) is 11.7 Å². The van der Waals surface area contributed by atoms with E-state index in [2.05, 4.69) is 48.8 Å². The summed E-state index contributed by atoms with van der Waals surface area (Å²) in [5.41, 5.74) is 1.35. The van der Waals surface area contributed by atoms with Crippen LogP contribution in [-0.4, -0.2) is 7.28 Å². The third-order valence-corrected chi connectivity index (χ3v) is 5.25. The van der Waals surface area contributed by atoms with Crippen molar-refractivity contribution in [1.82, 2.24) is 0 Å². The summed E-state index contributed by atoms with van der Waals surface area (Å²) in [4.78, 5) is 0. The molecule has 0 N–H and O–H groups in total. The maximum absolute atomic E-state index is 2.60. The normalized spacial score (nSPS) is 50.3. The van der Waals surface area contributed by atoms with Crippen molar-refractivity contribution < 1.29 is 0 Å². The van der Waals surface area contributed by atoms with Gasteiger partial charge in [-0.2, -0.15) is 0 Å². The highest BCUT2D eigenvalue weighted by atomic mass is 14.8. The predicted octanol–water partition coefficient (Wildman–Crippen LogP) is 4.15. The van der Waals surface area contributed by atoms with Gasteiger partial charge in [-0.05, 0) is 29.6 Å². The summed E-state index contributed by atoms with van der Waals surface area (Å²) in [5.74, 6) is 1.60. The molecule has 0 saturated heterocycles. The quantitative estimate of drug-likeness (QED) is 0.587. The molecule has 2 aliphatic rings. The summed E-state index contributed by atoms with van der Waals surface area (Å²) in [6.07, 6.45) is 2.92. The van der Waals surface area contributed by atoms with Crippen LogP contribution in [0.5, 0.6) is 0 Å². The Labute approximate surface area is 90.1 Å². The average molecular weight is 191 g/mol. The number of hydrogen-bond acceptors (Lipinski definition) is 0. The predicted molar refractivity (Wildman–Crippen MR) is 63.8 cm³/mol. The summed E-state index contributed by atoms with van der Waals surface area (Å²) in [7, 11) is 2.60. The van der Waals surface area contributed by atoms with E-state index in [1.165, 1.54) is 12.8 Å². The molecule has 79 valence electrons. The third kappa shape index (κ3) is 1.08. The van der Waals surface area contributed by atoms with Gasteiger partial charge in [0.2, 0.25) is 0 Å². The van der Waals surface area contributed by atoms with Gasteiger partial charge in [0.1, 0.15) is 7.28 Å². The topological polar surface area (TPSA) is 0 Å². The Hall–Kier alpha value is 0.0649. The fourth-order valence-corrected chi connectivity index (χ4v) is 3.99. The van der Waals surface area contributed by atoms with Gasteiger partial charge in [0.05, 0.1) is 0 Å². The van der Waals surface area contributed by atoms with Crippen LogP contribution in [0.3, 0.4) is 0 Å². The van der Waals surface area contributed by atoms with Crippen LogP contribution in [0.4, 0.5) is 0 Å². The van der Waals surface area contributed by atoms with Crippen LogP contribution in [0.1, 0.15) is 54.4 Å². The molecular weight excluding hydrogens is 167 g/mol. The molecule has 0 aromatic heterocycles. The number of hydrogen-bond donors (Lipinski definition) is 0. The van der Waals surface area contributed by atoms with Crippen molar-refractivity contribution in [2.24, 2.45) is 16.7 Å². The van der Waals surface area contributed by atoms with Crippen LogP contribution >= 0.6 is 0 Å².